The number of amides is 2. The fourth-order valence-electron chi connectivity index (χ4n) is 6.06. The molecule has 1 saturated heterocycles. The molecule has 0 radical (unpaired) electrons. The van der Waals surface area contributed by atoms with Gasteiger partial charge in [-0.05, 0) is 42.9 Å². The Labute approximate surface area is 181 Å². The number of imide groups is 1. The van der Waals surface area contributed by atoms with Crippen molar-refractivity contribution in [3.8, 4) is 0 Å². The highest BCUT2D eigenvalue weighted by molar-refractivity contribution is 6.09. The van der Waals surface area contributed by atoms with E-state index in [1.807, 2.05) is 0 Å². The molecule has 1 aliphatic heterocycles. The van der Waals surface area contributed by atoms with Crippen LogP contribution in [0.15, 0.2) is 42.5 Å². The largest absolute Gasteiger partial charge is 0.453 e. The number of hydrogen-bond acceptors (Lipinski definition) is 5. The quantitative estimate of drug-likeness (QED) is 0.305. The third kappa shape index (κ3) is 2.99. The molecule has 0 unspecified atom stereocenters. The molecule has 6 rings (SSSR count). The van der Waals surface area contributed by atoms with Crippen molar-refractivity contribution in [2.45, 2.75) is 39.3 Å². The molecule has 1 aromatic carbocycles. The van der Waals surface area contributed by atoms with E-state index in [-0.39, 0.29) is 47.2 Å². The Bertz CT molecular complexity index is 947. The lowest BCUT2D eigenvalue weighted by Crippen LogP contribution is -2.50. The first kappa shape index (κ1) is 20.2. The smallest absolute Gasteiger partial charge is 0.330 e. The summed E-state index contributed by atoms with van der Waals surface area (Å²) in [6, 6.07) is 7.60. The van der Waals surface area contributed by atoms with Crippen LogP contribution in [0.25, 0.3) is 0 Å². The van der Waals surface area contributed by atoms with Crippen molar-refractivity contribution in [3.05, 3.63) is 48.0 Å². The number of rotatable bonds is 6. The van der Waals surface area contributed by atoms with Gasteiger partial charge in [-0.3, -0.25) is 19.3 Å². The molecule has 31 heavy (non-hydrogen) atoms. The summed E-state index contributed by atoms with van der Waals surface area (Å²) in [6.45, 7) is 5.11. The van der Waals surface area contributed by atoms with Gasteiger partial charge >= 0.3 is 5.97 Å². The summed E-state index contributed by atoms with van der Waals surface area (Å²) >= 11 is 0. The van der Waals surface area contributed by atoms with Gasteiger partial charge in [-0.1, -0.05) is 56.3 Å². The topological polar surface area (TPSA) is 80.8 Å². The van der Waals surface area contributed by atoms with Gasteiger partial charge < -0.3 is 4.74 Å². The van der Waals surface area contributed by atoms with Gasteiger partial charge in [0.05, 0.1) is 11.8 Å². The summed E-state index contributed by atoms with van der Waals surface area (Å²) in [5.74, 6) is -1.35. The number of likely N-dealkylation sites (tertiary alicyclic amines) is 1. The first-order valence-electron chi connectivity index (χ1n) is 11.2. The minimum absolute atomic E-state index is 0.101. The van der Waals surface area contributed by atoms with Crippen molar-refractivity contribution < 1.29 is 23.9 Å². The van der Waals surface area contributed by atoms with E-state index in [0.29, 0.717) is 17.4 Å². The zero-order valence-electron chi connectivity index (χ0n) is 17.9. The zero-order valence-corrected chi connectivity index (χ0v) is 17.9. The highest BCUT2D eigenvalue weighted by Gasteiger charge is 2.68. The van der Waals surface area contributed by atoms with Crippen LogP contribution in [-0.2, 0) is 19.1 Å². The van der Waals surface area contributed by atoms with E-state index >= 15 is 0 Å². The van der Waals surface area contributed by atoms with Crippen LogP contribution in [0.2, 0.25) is 0 Å². The Balaban J connectivity index is 1.36. The van der Waals surface area contributed by atoms with Crippen molar-refractivity contribution in [1.29, 1.82) is 0 Å². The molecule has 2 amide bonds. The molecule has 0 N–H and O–H groups in total. The first-order valence-corrected chi connectivity index (χ1v) is 11.2. The summed E-state index contributed by atoms with van der Waals surface area (Å²) in [6.07, 6.45) is 4.30. The van der Waals surface area contributed by atoms with E-state index in [1.54, 1.807) is 44.2 Å². The number of nitrogens with zero attached hydrogens (tertiary/aromatic N) is 1. The minimum Gasteiger partial charge on any atom is -0.453 e. The molecule has 5 aliphatic rings. The summed E-state index contributed by atoms with van der Waals surface area (Å²) in [5, 5.41) is 0. The molecule has 162 valence electrons. The zero-order chi connectivity index (χ0) is 22.0. The number of esters is 1. The Hall–Kier alpha value is -2.76. The van der Waals surface area contributed by atoms with Crippen LogP contribution < -0.4 is 0 Å². The number of ketones is 1. The second-order valence-corrected chi connectivity index (χ2v) is 9.70. The first-order chi connectivity index (χ1) is 14.8. The van der Waals surface area contributed by atoms with Gasteiger partial charge in [-0.25, -0.2) is 4.79 Å². The highest BCUT2D eigenvalue weighted by atomic mass is 16.5. The number of carbonyl (C=O) groups is 4. The van der Waals surface area contributed by atoms with Gasteiger partial charge in [-0.15, -0.1) is 0 Å². The Kier molecular flexibility index (Phi) is 4.65. The van der Waals surface area contributed by atoms with Crippen molar-refractivity contribution in [1.82, 2.24) is 4.90 Å². The Morgan fingerprint density at radius 1 is 0.935 bits per heavy atom. The molecule has 4 aliphatic carbocycles. The van der Waals surface area contributed by atoms with E-state index in [0.717, 1.165) is 6.42 Å². The summed E-state index contributed by atoms with van der Waals surface area (Å²) in [5.41, 5.74) is 0.449. The molecule has 0 spiro atoms. The molecule has 0 aromatic heterocycles. The van der Waals surface area contributed by atoms with Crippen molar-refractivity contribution >= 4 is 23.6 Å². The fourth-order valence-corrected chi connectivity index (χ4v) is 6.06. The van der Waals surface area contributed by atoms with Gasteiger partial charge in [0, 0.05) is 5.56 Å². The lowest BCUT2D eigenvalue weighted by molar-refractivity contribution is -0.162. The maximum absolute atomic E-state index is 13.4. The van der Waals surface area contributed by atoms with Crippen molar-refractivity contribution in [3.63, 3.8) is 0 Å². The molecule has 1 heterocycles. The average molecular weight is 421 g/mol. The number of ether oxygens (including phenoxy) is 1. The number of Topliss-reactive ketones (excluding diaryl/α,β-unsaturated/α-hetero) is 1. The number of allylic oxidation sites excluding steroid dienone is 2. The van der Waals surface area contributed by atoms with Crippen LogP contribution >= 0.6 is 0 Å². The van der Waals surface area contributed by atoms with E-state index < -0.39 is 18.1 Å². The maximum Gasteiger partial charge on any atom is 0.330 e. The molecule has 6 heteroatoms. The van der Waals surface area contributed by atoms with Crippen LogP contribution in [0.4, 0.5) is 0 Å². The van der Waals surface area contributed by atoms with Crippen LogP contribution in [-0.4, -0.2) is 40.6 Å². The van der Waals surface area contributed by atoms with Crippen LogP contribution in [0.5, 0.6) is 0 Å². The predicted molar refractivity (Wildman–Crippen MR) is 112 cm³/mol. The highest BCUT2D eigenvalue weighted by Crippen LogP contribution is 2.65. The van der Waals surface area contributed by atoms with E-state index in [2.05, 4.69) is 12.2 Å². The third-order valence-corrected chi connectivity index (χ3v) is 7.57. The normalized spacial score (nSPS) is 34.4. The van der Waals surface area contributed by atoms with Gasteiger partial charge in [0.15, 0.2) is 6.10 Å². The minimum atomic E-state index is -1.02. The molecule has 3 fully saturated rings. The third-order valence-electron chi connectivity index (χ3n) is 7.57. The molecular formula is C25H27NO5. The van der Waals surface area contributed by atoms with E-state index in [1.165, 1.54) is 11.8 Å². The Morgan fingerprint density at radius 2 is 1.48 bits per heavy atom. The molecule has 8 atom stereocenters. The number of hydrogen-bond donors (Lipinski definition) is 0. The predicted octanol–water partition coefficient (Wildman–Crippen LogP) is 2.88. The number of carbonyl (C=O) groups excluding carboxylic acids is 4. The lowest BCUT2D eigenvalue weighted by atomic mass is 9.63. The summed E-state index contributed by atoms with van der Waals surface area (Å²) in [7, 11) is 0. The van der Waals surface area contributed by atoms with Gasteiger partial charge in [-0.2, -0.15) is 0 Å². The monoisotopic (exact) mass is 421 g/mol. The molecule has 1 aromatic rings. The summed E-state index contributed by atoms with van der Waals surface area (Å²) in [4.78, 5) is 53.7. The SMILES string of the molecule is CC(C)[C@@H](C(=O)O[C@@H](C)C(=O)c1ccccc1)N1C(=O)[C@@H]2[C@@H]3C=C[C@H]([C@H]4C[C@H]34)[C@@H]2C1=O. The van der Waals surface area contributed by atoms with Gasteiger partial charge in [0.25, 0.3) is 0 Å². The second-order valence-electron chi connectivity index (χ2n) is 9.70. The van der Waals surface area contributed by atoms with Crippen LogP contribution in [0.3, 0.4) is 0 Å². The van der Waals surface area contributed by atoms with Gasteiger partial charge in [0.1, 0.15) is 6.04 Å². The fraction of sp³-hybridized carbons (Fsp3) is 0.520. The van der Waals surface area contributed by atoms with Crippen molar-refractivity contribution in [2.24, 2.45) is 41.4 Å². The standard InChI is InChI=1S/C25H27NO5/c1-12(2)21(25(30)31-13(3)22(27)14-7-5-4-6-8-14)26-23(28)19-15-9-10-16(18-11-17(15)18)20(19)24(26)29/h4-10,12-13,15-21H,11H2,1-3H3/t13-,15+,16+,17+,18+,19-,20+,21-/m0/s1. The number of benzene rings is 1. The molecule has 6 nitrogen and oxygen atoms in total. The lowest BCUT2D eigenvalue weighted by Gasteiger charge is -2.37. The van der Waals surface area contributed by atoms with Crippen LogP contribution in [0, 0.1) is 41.4 Å². The van der Waals surface area contributed by atoms with Crippen molar-refractivity contribution in [2.75, 3.05) is 0 Å². The van der Waals surface area contributed by atoms with Crippen LogP contribution in [0.1, 0.15) is 37.6 Å². The maximum atomic E-state index is 13.4. The van der Waals surface area contributed by atoms with E-state index in [4.69, 9.17) is 4.74 Å². The second kappa shape index (κ2) is 7.14. The molecular weight excluding hydrogens is 394 g/mol. The van der Waals surface area contributed by atoms with E-state index in [9.17, 15) is 19.2 Å². The van der Waals surface area contributed by atoms with Gasteiger partial charge in [0.2, 0.25) is 17.6 Å². The average Bonchev–Trinajstić information content (AvgIpc) is 3.54. The molecule has 2 bridgehead atoms. The summed E-state index contributed by atoms with van der Waals surface area (Å²) < 4.78 is 5.50. The molecule has 2 saturated carbocycles. The Morgan fingerprint density at radius 3 is 2.00 bits per heavy atom.